The number of hydrazone groups is 1. The van der Waals surface area contributed by atoms with Gasteiger partial charge in [-0.25, -0.2) is 10.2 Å². The topological polar surface area (TPSA) is 112 Å². The minimum atomic E-state index is -0.558. The number of nitrogens with one attached hydrogen (secondary N) is 1. The molecule has 154 valence electrons. The summed E-state index contributed by atoms with van der Waals surface area (Å²) in [4.78, 5) is 27.3. The average molecular weight is 409 g/mol. The molecule has 1 aromatic carbocycles. The van der Waals surface area contributed by atoms with Gasteiger partial charge in [-0.2, -0.15) is 5.10 Å². The molecular formula is C21H19N3O6. The Labute approximate surface area is 172 Å². The fourth-order valence-electron chi connectivity index (χ4n) is 2.42. The van der Waals surface area contributed by atoms with E-state index in [4.69, 9.17) is 13.9 Å². The molecular weight excluding hydrogens is 390 g/mol. The van der Waals surface area contributed by atoms with Crippen molar-refractivity contribution >= 4 is 18.1 Å². The number of methoxy groups -OCH3 is 2. The number of hydrogen-bond acceptors (Lipinski definition) is 8. The van der Waals surface area contributed by atoms with Crippen LogP contribution in [0.3, 0.4) is 0 Å². The number of nitrogens with zero attached hydrogens (tertiary/aromatic N) is 2. The molecule has 9 heteroatoms. The summed E-state index contributed by atoms with van der Waals surface area (Å²) in [6.45, 7) is 0.0981. The van der Waals surface area contributed by atoms with Crippen molar-refractivity contribution in [3.63, 3.8) is 0 Å². The summed E-state index contributed by atoms with van der Waals surface area (Å²) in [6, 6.07) is 13.3. The van der Waals surface area contributed by atoms with E-state index in [0.29, 0.717) is 22.8 Å². The third-order valence-electron chi connectivity index (χ3n) is 3.88. The molecule has 0 spiro atoms. The normalized spacial score (nSPS) is 10.6. The highest BCUT2D eigenvalue weighted by atomic mass is 16.5. The monoisotopic (exact) mass is 409 g/mol. The number of aromatic nitrogens is 1. The van der Waals surface area contributed by atoms with E-state index in [1.807, 2.05) is 0 Å². The minimum absolute atomic E-state index is 0.0981. The van der Waals surface area contributed by atoms with E-state index < -0.39 is 11.9 Å². The molecule has 0 bridgehead atoms. The maximum atomic E-state index is 11.9. The standard InChI is InChI=1S/C21H19N3O6/c1-27-19-11-14(12-23-24-20(25)16-5-3-4-10-22-16)6-8-17(19)29-13-15-7-9-18(30-15)21(26)28-2/h3-12H,13H2,1-2H3,(H,24,25)/b23-12-. The molecule has 3 aromatic rings. The molecule has 2 heterocycles. The lowest BCUT2D eigenvalue weighted by atomic mass is 10.2. The van der Waals surface area contributed by atoms with Crippen LogP contribution in [0.15, 0.2) is 64.2 Å². The Balaban J connectivity index is 1.61. The second-order valence-corrected chi connectivity index (χ2v) is 5.87. The van der Waals surface area contributed by atoms with Gasteiger partial charge in [0.15, 0.2) is 11.5 Å². The first-order valence-electron chi connectivity index (χ1n) is 8.83. The molecule has 0 radical (unpaired) electrons. The van der Waals surface area contributed by atoms with Crippen molar-refractivity contribution in [2.75, 3.05) is 14.2 Å². The maximum absolute atomic E-state index is 11.9. The Kier molecular flexibility index (Phi) is 6.78. The molecule has 1 N–H and O–H groups in total. The molecule has 2 aromatic heterocycles. The zero-order valence-corrected chi connectivity index (χ0v) is 16.3. The van der Waals surface area contributed by atoms with Crippen LogP contribution in [0, 0.1) is 0 Å². The number of hydrogen-bond donors (Lipinski definition) is 1. The van der Waals surface area contributed by atoms with Gasteiger partial charge in [0.25, 0.3) is 5.91 Å². The summed E-state index contributed by atoms with van der Waals surface area (Å²) in [5.41, 5.74) is 3.36. The first-order chi connectivity index (χ1) is 14.6. The first kappa shape index (κ1) is 20.6. The van der Waals surface area contributed by atoms with Gasteiger partial charge in [0.1, 0.15) is 18.1 Å². The molecule has 0 aliphatic rings. The summed E-state index contributed by atoms with van der Waals surface area (Å²) in [5, 5.41) is 3.92. The van der Waals surface area contributed by atoms with Crippen LogP contribution in [-0.2, 0) is 11.3 Å². The van der Waals surface area contributed by atoms with E-state index in [1.54, 1.807) is 42.5 Å². The van der Waals surface area contributed by atoms with Crippen molar-refractivity contribution in [3.05, 3.63) is 77.5 Å². The molecule has 0 saturated carbocycles. The van der Waals surface area contributed by atoms with Crippen molar-refractivity contribution in [1.29, 1.82) is 0 Å². The molecule has 3 rings (SSSR count). The van der Waals surface area contributed by atoms with Gasteiger partial charge < -0.3 is 18.6 Å². The summed E-state index contributed by atoms with van der Waals surface area (Å²) in [7, 11) is 2.79. The molecule has 1 amide bonds. The van der Waals surface area contributed by atoms with Crippen molar-refractivity contribution < 1.29 is 28.2 Å². The molecule has 30 heavy (non-hydrogen) atoms. The minimum Gasteiger partial charge on any atom is -0.493 e. The summed E-state index contributed by atoms with van der Waals surface area (Å²) < 4.78 is 21.0. The van der Waals surface area contributed by atoms with E-state index in [2.05, 4.69) is 20.2 Å². The van der Waals surface area contributed by atoms with Crippen LogP contribution in [0.4, 0.5) is 0 Å². The largest absolute Gasteiger partial charge is 0.493 e. The van der Waals surface area contributed by atoms with Gasteiger partial charge >= 0.3 is 5.97 Å². The second kappa shape index (κ2) is 9.87. The predicted octanol–water partition coefficient (Wildman–Crippen LogP) is 2.81. The first-order valence-corrected chi connectivity index (χ1v) is 8.83. The maximum Gasteiger partial charge on any atom is 0.373 e. The lowest BCUT2D eigenvalue weighted by molar-refractivity contribution is 0.0560. The number of carbonyl (C=O) groups excluding carboxylic acids is 2. The second-order valence-electron chi connectivity index (χ2n) is 5.87. The van der Waals surface area contributed by atoms with Crippen molar-refractivity contribution in [1.82, 2.24) is 10.4 Å². The van der Waals surface area contributed by atoms with Gasteiger partial charge in [0.05, 0.1) is 20.4 Å². The number of esters is 1. The summed E-state index contributed by atoms with van der Waals surface area (Å²) >= 11 is 0. The van der Waals surface area contributed by atoms with Gasteiger partial charge in [-0.3, -0.25) is 9.78 Å². The van der Waals surface area contributed by atoms with Gasteiger partial charge in [-0.15, -0.1) is 0 Å². The summed E-state index contributed by atoms with van der Waals surface area (Å²) in [5.74, 6) is 0.529. The number of pyridine rings is 1. The molecule has 0 fully saturated rings. The highest BCUT2D eigenvalue weighted by Gasteiger charge is 2.12. The Morgan fingerprint density at radius 2 is 2.00 bits per heavy atom. The molecule has 0 atom stereocenters. The van der Waals surface area contributed by atoms with Crippen LogP contribution in [-0.4, -0.2) is 37.3 Å². The van der Waals surface area contributed by atoms with E-state index in [-0.39, 0.29) is 18.1 Å². The lowest BCUT2D eigenvalue weighted by Gasteiger charge is -2.10. The average Bonchev–Trinajstić information content (AvgIpc) is 3.27. The van der Waals surface area contributed by atoms with Gasteiger partial charge in [0.2, 0.25) is 5.76 Å². The molecule has 9 nitrogen and oxygen atoms in total. The molecule has 0 aliphatic carbocycles. The van der Waals surface area contributed by atoms with Crippen molar-refractivity contribution in [2.45, 2.75) is 6.61 Å². The lowest BCUT2D eigenvalue weighted by Crippen LogP contribution is -2.18. The fraction of sp³-hybridized carbons (Fsp3) is 0.143. The number of ether oxygens (including phenoxy) is 3. The third-order valence-corrected chi connectivity index (χ3v) is 3.88. The van der Waals surface area contributed by atoms with E-state index in [1.165, 1.54) is 32.7 Å². The van der Waals surface area contributed by atoms with Crippen molar-refractivity contribution in [2.24, 2.45) is 5.10 Å². The number of carbonyl (C=O) groups is 2. The third kappa shape index (κ3) is 5.22. The van der Waals surface area contributed by atoms with Crippen LogP contribution in [0.2, 0.25) is 0 Å². The zero-order valence-electron chi connectivity index (χ0n) is 16.3. The van der Waals surface area contributed by atoms with Gasteiger partial charge in [-0.05, 0) is 48.0 Å². The highest BCUT2D eigenvalue weighted by Crippen LogP contribution is 2.28. The number of furan rings is 1. The van der Waals surface area contributed by atoms with E-state index in [0.717, 1.165) is 0 Å². The van der Waals surface area contributed by atoms with Crippen LogP contribution >= 0.6 is 0 Å². The van der Waals surface area contributed by atoms with Crippen LogP contribution in [0.5, 0.6) is 11.5 Å². The smallest absolute Gasteiger partial charge is 0.373 e. The Morgan fingerprint density at radius 3 is 2.73 bits per heavy atom. The predicted molar refractivity (Wildman–Crippen MR) is 107 cm³/mol. The van der Waals surface area contributed by atoms with Crippen LogP contribution < -0.4 is 14.9 Å². The quantitative estimate of drug-likeness (QED) is 0.346. The van der Waals surface area contributed by atoms with E-state index >= 15 is 0 Å². The fourth-order valence-corrected chi connectivity index (χ4v) is 2.42. The van der Waals surface area contributed by atoms with Crippen LogP contribution in [0.25, 0.3) is 0 Å². The molecule has 0 aliphatic heterocycles. The molecule has 0 saturated heterocycles. The SMILES string of the molecule is COC(=O)c1ccc(COc2ccc(/C=N\NC(=O)c3ccccn3)cc2OC)o1. The Hall–Kier alpha value is -4.14. The Morgan fingerprint density at radius 1 is 1.13 bits per heavy atom. The van der Waals surface area contributed by atoms with E-state index in [9.17, 15) is 9.59 Å². The zero-order chi connectivity index (χ0) is 21.3. The Bertz CT molecular complexity index is 1050. The summed E-state index contributed by atoms with van der Waals surface area (Å²) in [6.07, 6.45) is 3.00. The number of amides is 1. The van der Waals surface area contributed by atoms with Gasteiger partial charge in [0, 0.05) is 6.20 Å². The number of benzene rings is 1. The van der Waals surface area contributed by atoms with Crippen molar-refractivity contribution in [3.8, 4) is 11.5 Å². The number of rotatable bonds is 8. The van der Waals surface area contributed by atoms with Gasteiger partial charge in [-0.1, -0.05) is 6.07 Å². The highest BCUT2D eigenvalue weighted by molar-refractivity contribution is 5.93. The van der Waals surface area contributed by atoms with Crippen LogP contribution in [0.1, 0.15) is 32.4 Å². The molecule has 0 unspecified atom stereocenters.